The summed E-state index contributed by atoms with van der Waals surface area (Å²) in [7, 11) is 1.52. The highest BCUT2D eigenvalue weighted by Crippen LogP contribution is 2.31. The molecule has 0 radical (unpaired) electrons. The minimum absolute atomic E-state index is 0.358. The fraction of sp³-hybridized carbons (Fsp3) is 0.667. The molecule has 0 aliphatic carbocycles. The van der Waals surface area contributed by atoms with E-state index in [1.165, 1.54) is 14.0 Å². The second-order valence-electron chi connectivity index (χ2n) is 8.02. The number of benzene rings is 1. The van der Waals surface area contributed by atoms with Gasteiger partial charge in [0.25, 0.3) is 0 Å². The molecule has 12 nitrogen and oxygen atoms in total. The Morgan fingerprint density at radius 2 is 1.61 bits per heavy atom. The fourth-order valence-electron chi connectivity index (χ4n) is 3.77. The van der Waals surface area contributed by atoms with E-state index in [1.54, 1.807) is 31.2 Å². The van der Waals surface area contributed by atoms with Crippen molar-refractivity contribution in [1.29, 1.82) is 0 Å². The van der Waals surface area contributed by atoms with Crippen LogP contribution in [0.15, 0.2) is 24.3 Å². The van der Waals surface area contributed by atoms with Crippen LogP contribution in [0.4, 0.5) is 0 Å². The minimum atomic E-state index is -1.55. The van der Waals surface area contributed by atoms with E-state index in [1.807, 2.05) is 0 Å². The second kappa shape index (κ2) is 10.9. The second-order valence-corrected chi connectivity index (χ2v) is 8.02. The first-order valence-corrected chi connectivity index (χ1v) is 10.5. The van der Waals surface area contributed by atoms with E-state index in [2.05, 4.69) is 5.32 Å². The molecule has 186 valence electrons. The van der Waals surface area contributed by atoms with Crippen molar-refractivity contribution in [2.24, 2.45) is 0 Å². The van der Waals surface area contributed by atoms with Gasteiger partial charge in [-0.1, -0.05) is 0 Å². The van der Waals surface area contributed by atoms with Gasteiger partial charge in [-0.2, -0.15) is 0 Å². The Morgan fingerprint density at radius 1 is 0.970 bits per heavy atom. The van der Waals surface area contributed by atoms with Crippen molar-refractivity contribution >= 4 is 5.91 Å². The van der Waals surface area contributed by atoms with Crippen LogP contribution in [0.3, 0.4) is 0 Å². The highest BCUT2D eigenvalue weighted by atomic mass is 16.7. The number of ether oxygens (including phenoxy) is 5. The third-order valence-corrected chi connectivity index (χ3v) is 5.64. The molecule has 2 heterocycles. The molecule has 1 amide bonds. The van der Waals surface area contributed by atoms with Crippen LogP contribution in [-0.2, 0) is 19.0 Å². The molecule has 12 heteroatoms. The number of carbonyl (C=O) groups is 1. The molecule has 0 unspecified atom stereocenters. The van der Waals surface area contributed by atoms with E-state index in [-0.39, 0.29) is 0 Å². The summed E-state index contributed by atoms with van der Waals surface area (Å²) in [5.74, 6) is 0.419. The van der Waals surface area contributed by atoms with Gasteiger partial charge in [0, 0.05) is 6.92 Å². The summed E-state index contributed by atoms with van der Waals surface area (Å²) < 4.78 is 28.1. The van der Waals surface area contributed by atoms with Crippen LogP contribution in [0.1, 0.15) is 13.8 Å². The molecule has 2 fully saturated rings. The number of hydrogen-bond donors (Lipinski definition) is 6. The predicted octanol–water partition coefficient (Wildman–Crippen LogP) is -2.13. The molecule has 3 rings (SSSR count). The van der Waals surface area contributed by atoms with E-state index in [0.29, 0.717) is 11.5 Å². The van der Waals surface area contributed by atoms with Gasteiger partial charge in [-0.25, -0.2) is 0 Å². The maximum Gasteiger partial charge on any atom is 0.229 e. The maximum absolute atomic E-state index is 11.7. The lowest BCUT2D eigenvalue weighted by atomic mass is 9.96. The topological polar surface area (TPSA) is 176 Å². The normalized spacial score (nSPS) is 39.0. The van der Waals surface area contributed by atoms with E-state index in [4.69, 9.17) is 23.7 Å². The standard InChI is InChI=1S/C21H31NO11/c1-9-15(25)18(28)19(21(30-9)31-12-6-4-11(29-3)5-7-12)33-20-14(22-10(2)24)17(27)16(26)13(8-23)32-20/h4-7,9,13-21,23,25-28H,8H2,1-3H3,(H,22,24)/t9-,13+,14+,15+,16+,17+,18+,19-,20+,21-/m0/s1. The molecular weight excluding hydrogens is 442 g/mol. The monoisotopic (exact) mass is 473 g/mol. The molecule has 1 aromatic carbocycles. The van der Waals surface area contributed by atoms with E-state index >= 15 is 0 Å². The largest absolute Gasteiger partial charge is 0.497 e. The Morgan fingerprint density at radius 3 is 2.18 bits per heavy atom. The SMILES string of the molecule is COc1ccc(O[C@@H]2O[C@@H](C)[C@@H](O)[C@@H](O)[C@@H]2O[C@H]2O[C@H](CO)[C@@H](O)[C@H](O)[C@H]2NC(C)=O)cc1. The zero-order valence-electron chi connectivity index (χ0n) is 18.5. The lowest BCUT2D eigenvalue weighted by molar-refractivity contribution is -0.340. The third kappa shape index (κ3) is 5.73. The first kappa shape index (κ1) is 25.6. The molecule has 0 bridgehead atoms. The Bertz CT molecular complexity index is 778. The molecule has 0 spiro atoms. The van der Waals surface area contributed by atoms with Crippen molar-refractivity contribution in [2.75, 3.05) is 13.7 Å². The summed E-state index contributed by atoms with van der Waals surface area (Å²) in [5.41, 5.74) is 0. The number of hydrogen-bond acceptors (Lipinski definition) is 11. The van der Waals surface area contributed by atoms with Gasteiger partial charge in [0.1, 0.15) is 48.1 Å². The first-order chi connectivity index (χ1) is 15.7. The van der Waals surface area contributed by atoms with Crippen molar-refractivity contribution in [3.63, 3.8) is 0 Å². The molecule has 1 aromatic rings. The van der Waals surface area contributed by atoms with Gasteiger partial charge in [0.2, 0.25) is 12.2 Å². The number of aliphatic hydroxyl groups excluding tert-OH is 5. The Labute approximate surface area is 190 Å². The molecule has 10 atom stereocenters. The average Bonchev–Trinajstić information content (AvgIpc) is 2.79. The summed E-state index contributed by atoms with van der Waals surface area (Å²) in [6.07, 6.45) is -11.9. The van der Waals surface area contributed by atoms with Crippen molar-refractivity contribution in [2.45, 2.75) is 75.2 Å². The summed E-state index contributed by atoms with van der Waals surface area (Å²) in [4.78, 5) is 11.7. The van der Waals surface area contributed by atoms with Gasteiger partial charge in [0.05, 0.1) is 19.8 Å². The van der Waals surface area contributed by atoms with Crippen molar-refractivity contribution in [1.82, 2.24) is 5.32 Å². The Balaban J connectivity index is 1.85. The van der Waals surface area contributed by atoms with Crippen molar-refractivity contribution in [3.8, 4) is 11.5 Å². The number of methoxy groups -OCH3 is 1. The fourth-order valence-corrected chi connectivity index (χ4v) is 3.77. The van der Waals surface area contributed by atoms with E-state index in [0.717, 1.165) is 0 Å². The summed E-state index contributed by atoms with van der Waals surface area (Å²) >= 11 is 0. The van der Waals surface area contributed by atoms with Crippen LogP contribution in [0.2, 0.25) is 0 Å². The van der Waals surface area contributed by atoms with Crippen molar-refractivity contribution < 1.29 is 54.0 Å². The molecule has 2 saturated heterocycles. The first-order valence-electron chi connectivity index (χ1n) is 10.5. The molecule has 0 aromatic heterocycles. The molecule has 2 aliphatic heterocycles. The minimum Gasteiger partial charge on any atom is -0.497 e. The smallest absolute Gasteiger partial charge is 0.229 e. The molecule has 0 saturated carbocycles. The third-order valence-electron chi connectivity index (χ3n) is 5.64. The molecular formula is C21H31NO11. The highest BCUT2D eigenvalue weighted by molar-refractivity contribution is 5.73. The van der Waals surface area contributed by atoms with Crippen LogP contribution in [0.5, 0.6) is 11.5 Å². The zero-order valence-corrected chi connectivity index (χ0v) is 18.5. The van der Waals surface area contributed by atoms with Gasteiger partial charge in [-0.3, -0.25) is 4.79 Å². The van der Waals surface area contributed by atoms with Crippen LogP contribution in [0, 0.1) is 0 Å². The summed E-state index contributed by atoms with van der Waals surface area (Å²) in [5, 5.41) is 53.6. The number of rotatable bonds is 7. The van der Waals surface area contributed by atoms with Gasteiger partial charge in [-0.05, 0) is 31.2 Å². The van der Waals surface area contributed by atoms with E-state index < -0.39 is 73.9 Å². The highest BCUT2D eigenvalue weighted by Gasteiger charge is 2.51. The number of carbonyl (C=O) groups excluding carboxylic acids is 1. The average molecular weight is 473 g/mol. The van der Waals surface area contributed by atoms with Gasteiger partial charge in [-0.15, -0.1) is 0 Å². The predicted molar refractivity (Wildman–Crippen MR) is 110 cm³/mol. The van der Waals surface area contributed by atoms with Crippen LogP contribution < -0.4 is 14.8 Å². The van der Waals surface area contributed by atoms with Gasteiger partial charge in [0.15, 0.2) is 12.4 Å². The number of nitrogens with one attached hydrogen (secondary N) is 1. The number of amides is 1. The van der Waals surface area contributed by atoms with Crippen LogP contribution in [0.25, 0.3) is 0 Å². The molecule has 2 aliphatic rings. The lowest BCUT2D eigenvalue weighted by Crippen LogP contribution is -2.67. The number of aliphatic hydroxyl groups is 5. The Hall–Kier alpha value is -2.03. The van der Waals surface area contributed by atoms with Crippen LogP contribution in [-0.4, -0.2) is 107 Å². The van der Waals surface area contributed by atoms with Gasteiger partial charge < -0.3 is 54.5 Å². The maximum atomic E-state index is 11.7. The van der Waals surface area contributed by atoms with Gasteiger partial charge >= 0.3 is 0 Å². The van der Waals surface area contributed by atoms with Crippen molar-refractivity contribution in [3.05, 3.63) is 24.3 Å². The summed E-state index contributed by atoms with van der Waals surface area (Å²) in [6, 6.07) is 5.29. The Kier molecular flexibility index (Phi) is 8.48. The molecule has 6 N–H and O–H groups in total. The van der Waals surface area contributed by atoms with Crippen LogP contribution >= 0.6 is 0 Å². The molecule has 33 heavy (non-hydrogen) atoms. The quantitative estimate of drug-likeness (QED) is 0.255. The lowest BCUT2D eigenvalue weighted by Gasteiger charge is -2.46. The summed E-state index contributed by atoms with van der Waals surface area (Å²) in [6.45, 7) is 2.11. The van der Waals surface area contributed by atoms with E-state index in [9.17, 15) is 30.3 Å². The zero-order chi connectivity index (χ0) is 24.3.